The van der Waals surface area contributed by atoms with Gasteiger partial charge in [0.25, 0.3) is 0 Å². The van der Waals surface area contributed by atoms with Gasteiger partial charge in [0.15, 0.2) is 0 Å². The SMILES string of the molecule is CCNCCNC(=O)Nc1ccccc1Cl. The first-order valence-corrected chi connectivity index (χ1v) is 5.62. The molecule has 0 saturated carbocycles. The molecule has 88 valence electrons. The molecule has 0 heterocycles. The number of hydrogen-bond acceptors (Lipinski definition) is 2. The van der Waals surface area contributed by atoms with Crippen LogP contribution in [0.25, 0.3) is 0 Å². The summed E-state index contributed by atoms with van der Waals surface area (Å²) < 4.78 is 0. The second-order valence-electron chi connectivity index (χ2n) is 3.21. The van der Waals surface area contributed by atoms with Crippen molar-refractivity contribution in [3.05, 3.63) is 29.3 Å². The summed E-state index contributed by atoms with van der Waals surface area (Å²) >= 11 is 5.90. The predicted octanol–water partition coefficient (Wildman–Crippen LogP) is 2.07. The first-order chi connectivity index (χ1) is 7.74. The van der Waals surface area contributed by atoms with Gasteiger partial charge in [-0.3, -0.25) is 0 Å². The molecule has 0 unspecified atom stereocenters. The van der Waals surface area contributed by atoms with E-state index in [9.17, 15) is 4.79 Å². The largest absolute Gasteiger partial charge is 0.337 e. The highest BCUT2D eigenvalue weighted by Crippen LogP contribution is 2.19. The fourth-order valence-electron chi connectivity index (χ4n) is 1.17. The number of nitrogens with one attached hydrogen (secondary N) is 3. The number of carbonyl (C=O) groups excluding carboxylic acids is 1. The number of urea groups is 1. The zero-order valence-corrected chi connectivity index (χ0v) is 9.97. The second-order valence-corrected chi connectivity index (χ2v) is 3.62. The van der Waals surface area contributed by atoms with Crippen molar-refractivity contribution in [2.24, 2.45) is 0 Å². The van der Waals surface area contributed by atoms with Gasteiger partial charge in [0.05, 0.1) is 10.7 Å². The quantitative estimate of drug-likeness (QED) is 0.692. The monoisotopic (exact) mass is 241 g/mol. The van der Waals surface area contributed by atoms with E-state index in [2.05, 4.69) is 16.0 Å². The number of para-hydroxylation sites is 1. The van der Waals surface area contributed by atoms with E-state index in [1.807, 2.05) is 19.1 Å². The molecule has 3 N–H and O–H groups in total. The van der Waals surface area contributed by atoms with Crippen molar-refractivity contribution in [3.63, 3.8) is 0 Å². The van der Waals surface area contributed by atoms with E-state index in [1.165, 1.54) is 0 Å². The van der Waals surface area contributed by atoms with Crippen LogP contribution in [0.4, 0.5) is 10.5 Å². The van der Waals surface area contributed by atoms with Gasteiger partial charge in [-0.2, -0.15) is 0 Å². The summed E-state index contributed by atoms with van der Waals surface area (Å²) in [6.45, 7) is 4.26. The van der Waals surface area contributed by atoms with Crippen molar-refractivity contribution in [1.82, 2.24) is 10.6 Å². The van der Waals surface area contributed by atoms with Crippen LogP contribution >= 0.6 is 11.6 Å². The minimum atomic E-state index is -0.244. The highest BCUT2D eigenvalue weighted by atomic mass is 35.5. The summed E-state index contributed by atoms with van der Waals surface area (Å²) in [4.78, 5) is 11.4. The third-order valence-corrected chi connectivity index (χ3v) is 2.29. The molecule has 0 spiro atoms. The van der Waals surface area contributed by atoms with Crippen molar-refractivity contribution in [2.75, 3.05) is 25.0 Å². The van der Waals surface area contributed by atoms with E-state index in [4.69, 9.17) is 11.6 Å². The number of likely N-dealkylation sites (N-methyl/N-ethyl adjacent to an activating group) is 1. The average molecular weight is 242 g/mol. The van der Waals surface area contributed by atoms with Gasteiger partial charge in [-0.05, 0) is 18.7 Å². The van der Waals surface area contributed by atoms with Crippen LogP contribution in [0.1, 0.15) is 6.92 Å². The molecule has 1 aromatic rings. The average Bonchev–Trinajstić information content (AvgIpc) is 2.28. The molecule has 0 atom stereocenters. The molecule has 16 heavy (non-hydrogen) atoms. The summed E-state index contributed by atoms with van der Waals surface area (Å²) in [6.07, 6.45) is 0. The summed E-state index contributed by atoms with van der Waals surface area (Å²) in [5.41, 5.74) is 0.616. The van der Waals surface area contributed by atoms with Crippen molar-refractivity contribution < 1.29 is 4.79 Å². The number of halogens is 1. The number of hydrogen-bond donors (Lipinski definition) is 3. The number of carbonyl (C=O) groups is 1. The fourth-order valence-corrected chi connectivity index (χ4v) is 1.35. The van der Waals surface area contributed by atoms with Gasteiger partial charge in [0.1, 0.15) is 0 Å². The van der Waals surface area contributed by atoms with E-state index < -0.39 is 0 Å². The smallest absolute Gasteiger partial charge is 0.319 e. The minimum absolute atomic E-state index is 0.244. The van der Waals surface area contributed by atoms with Crippen molar-refractivity contribution >= 4 is 23.3 Å². The van der Waals surface area contributed by atoms with Crippen LogP contribution < -0.4 is 16.0 Å². The van der Waals surface area contributed by atoms with Crippen LogP contribution in [0.2, 0.25) is 5.02 Å². The van der Waals surface area contributed by atoms with Gasteiger partial charge in [-0.15, -0.1) is 0 Å². The Morgan fingerprint density at radius 2 is 2.06 bits per heavy atom. The third-order valence-electron chi connectivity index (χ3n) is 1.96. The van der Waals surface area contributed by atoms with Crippen molar-refractivity contribution in [2.45, 2.75) is 6.92 Å². The van der Waals surface area contributed by atoms with Crippen molar-refractivity contribution in [1.29, 1.82) is 0 Å². The van der Waals surface area contributed by atoms with Crippen LogP contribution in [0, 0.1) is 0 Å². The maximum absolute atomic E-state index is 11.4. The Morgan fingerprint density at radius 3 is 2.75 bits per heavy atom. The lowest BCUT2D eigenvalue weighted by molar-refractivity contribution is 0.252. The van der Waals surface area contributed by atoms with Crippen molar-refractivity contribution in [3.8, 4) is 0 Å². The Labute approximate surface area is 100 Å². The summed E-state index contributed by atoms with van der Waals surface area (Å²) in [7, 11) is 0. The van der Waals surface area contributed by atoms with E-state index in [-0.39, 0.29) is 6.03 Å². The van der Waals surface area contributed by atoms with E-state index in [1.54, 1.807) is 12.1 Å². The third kappa shape index (κ3) is 4.51. The van der Waals surface area contributed by atoms with Gasteiger partial charge < -0.3 is 16.0 Å². The summed E-state index contributed by atoms with van der Waals surface area (Å²) in [5.74, 6) is 0. The number of anilines is 1. The molecule has 5 heteroatoms. The Morgan fingerprint density at radius 1 is 1.31 bits per heavy atom. The van der Waals surface area contributed by atoms with Gasteiger partial charge in [0, 0.05) is 13.1 Å². The van der Waals surface area contributed by atoms with Gasteiger partial charge in [0.2, 0.25) is 0 Å². The molecular formula is C11H16ClN3O. The normalized spacial score (nSPS) is 9.88. The number of benzene rings is 1. The van der Waals surface area contributed by atoms with Gasteiger partial charge in [-0.25, -0.2) is 4.79 Å². The molecule has 0 bridgehead atoms. The maximum Gasteiger partial charge on any atom is 0.319 e. The maximum atomic E-state index is 11.4. The Balaban J connectivity index is 2.32. The van der Waals surface area contributed by atoms with E-state index >= 15 is 0 Å². The fraction of sp³-hybridized carbons (Fsp3) is 0.364. The minimum Gasteiger partial charge on any atom is -0.337 e. The van der Waals surface area contributed by atoms with Crippen LogP contribution in [0.3, 0.4) is 0 Å². The molecule has 2 amide bonds. The van der Waals surface area contributed by atoms with E-state index in [0.717, 1.165) is 13.1 Å². The summed E-state index contributed by atoms with van der Waals surface area (Å²) in [5, 5.41) is 9.04. The number of amides is 2. The molecular weight excluding hydrogens is 226 g/mol. The molecule has 1 rings (SSSR count). The van der Waals surface area contributed by atoms with Crippen LogP contribution in [-0.4, -0.2) is 25.7 Å². The Kier molecular flexibility index (Phi) is 5.67. The van der Waals surface area contributed by atoms with Crippen LogP contribution in [0.15, 0.2) is 24.3 Å². The molecule has 0 aliphatic carbocycles. The molecule has 0 saturated heterocycles. The summed E-state index contributed by atoms with van der Waals surface area (Å²) in [6, 6.07) is 6.88. The Bertz CT molecular complexity index is 344. The van der Waals surface area contributed by atoms with Gasteiger partial charge >= 0.3 is 6.03 Å². The molecule has 4 nitrogen and oxygen atoms in total. The highest BCUT2D eigenvalue weighted by Gasteiger charge is 2.03. The zero-order valence-electron chi connectivity index (χ0n) is 9.22. The molecule has 0 aromatic heterocycles. The Hall–Kier alpha value is -1.26. The predicted molar refractivity (Wildman–Crippen MR) is 67.0 cm³/mol. The zero-order chi connectivity index (χ0) is 11.8. The molecule has 0 fully saturated rings. The lowest BCUT2D eigenvalue weighted by Crippen LogP contribution is -2.34. The van der Waals surface area contributed by atoms with Gasteiger partial charge in [-0.1, -0.05) is 30.7 Å². The highest BCUT2D eigenvalue weighted by molar-refractivity contribution is 6.33. The van der Waals surface area contributed by atoms with Crippen LogP contribution in [-0.2, 0) is 0 Å². The standard InChI is InChI=1S/C11H16ClN3O/c1-2-13-7-8-14-11(16)15-10-6-4-3-5-9(10)12/h3-6,13H,2,7-8H2,1H3,(H2,14,15,16). The topological polar surface area (TPSA) is 53.2 Å². The number of rotatable bonds is 5. The molecule has 1 aromatic carbocycles. The lowest BCUT2D eigenvalue weighted by atomic mass is 10.3. The molecule has 0 aliphatic heterocycles. The molecule has 0 radical (unpaired) electrons. The first-order valence-electron chi connectivity index (χ1n) is 5.24. The van der Waals surface area contributed by atoms with Crippen LogP contribution in [0.5, 0.6) is 0 Å². The first kappa shape index (κ1) is 12.8. The van der Waals surface area contributed by atoms with E-state index in [0.29, 0.717) is 17.3 Å². The second kappa shape index (κ2) is 7.09. The lowest BCUT2D eigenvalue weighted by Gasteiger charge is -2.08. The molecule has 0 aliphatic rings.